The number of nitrogens with one attached hydrogen (secondary N) is 1. The van der Waals surface area contributed by atoms with Crippen LogP contribution in [0.2, 0.25) is 0 Å². The van der Waals surface area contributed by atoms with Crippen LogP contribution >= 0.6 is 11.3 Å². The molecule has 3 heteroatoms. The molecule has 0 radical (unpaired) electrons. The van der Waals surface area contributed by atoms with Gasteiger partial charge in [0.15, 0.2) is 0 Å². The largest absolute Gasteiger partial charge is 0.349 e. The van der Waals surface area contributed by atoms with Crippen LogP contribution in [0, 0.1) is 0 Å². The van der Waals surface area contributed by atoms with E-state index >= 15 is 0 Å². The lowest BCUT2D eigenvalue weighted by Gasteiger charge is -2.07. The smallest absolute Gasteiger partial charge is 0.261 e. The molecule has 0 saturated heterocycles. The third-order valence-electron chi connectivity index (χ3n) is 1.75. The normalized spacial score (nSPS) is 10.5. The van der Waals surface area contributed by atoms with Gasteiger partial charge >= 0.3 is 0 Å². The molecule has 2 nitrogen and oxygen atoms in total. The molecule has 1 aromatic rings. The van der Waals surface area contributed by atoms with Crippen molar-refractivity contribution in [3.8, 4) is 0 Å². The summed E-state index contributed by atoms with van der Waals surface area (Å²) in [5, 5.41) is 4.86. The Morgan fingerprint density at radius 3 is 2.85 bits per heavy atom. The molecule has 0 fully saturated rings. The summed E-state index contributed by atoms with van der Waals surface area (Å²) in [4.78, 5) is 12.5. The van der Waals surface area contributed by atoms with Crippen LogP contribution in [0.4, 0.5) is 0 Å². The van der Waals surface area contributed by atoms with Gasteiger partial charge in [-0.15, -0.1) is 11.3 Å². The van der Waals surface area contributed by atoms with E-state index in [1.54, 1.807) is 0 Å². The molecule has 72 valence electrons. The van der Waals surface area contributed by atoms with Gasteiger partial charge in [0.1, 0.15) is 0 Å². The molecule has 0 aliphatic carbocycles. The number of carbonyl (C=O) groups is 1. The quantitative estimate of drug-likeness (QED) is 0.792. The summed E-state index contributed by atoms with van der Waals surface area (Å²) in [6.45, 7) is 6.00. The average Bonchev–Trinajstić information content (AvgIpc) is 2.49. The Morgan fingerprint density at radius 1 is 1.62 bits per heavy atom. The highest BCUT2D eigenvalue weighted by molar-refractivity contribution is 7.12. The standard InChI is InChI=1S/C10H15NOS/c1-4-8-5-6-13-9(8)10(12)11-7(2)3/h5-7H,4H2,1-3H3,(H,11,12). The number of aryl methyl sites for hydroxylation is 1. The maximum atomic E-state index is 11.6. The second-order valence-corrected chi connectivity index (χ2v) is 4.17. The van der Waals surface area contributed by atoms with Crippen molar-refractivity contribution in [2.45, 2.75) is 33.2 Å². The van der Waals surface area contributed by atoms with Gasteiger partial charge in [0.2, 0.25) is 0 Å². The van der Waals surface area contributed by atoms with Gasteiger partial charge in [-0.3, -0.25) is 4.79 Å². The van der Waals surface area contributed by atoms with Crippen LogP contribution in [-0.4, -0.2) is 11.9 Å². The number of thiophene rings is 1. The van der Waals surface area contributed by atoms with Gasteiger partial charge in [-0.05, 0) is 37.3 Å². The van der Waals surface area contributed by atoms with Crippen LogP contribution in [-0.2, 0) is 6.42 Å². The molecule has 0 aromatic carbocycles. The lowest BCUT2D eigenvalue weighted by Crippen LogP contribution is -2.29. The van der Waals surface area contributed by atoms with Gasteiger partial charge in [0.05, 0.1) is 4.88 Å². The van der Waals surface area contributed by atoms with E-state index in [9.17, 15) is 4.79 Å². The zero-order valence-electron chi connectivity index (χ0n) is 8.26. The van der Waals surface area contributed by atoms with E-state index < -0.39 is 0 Å². The first-order chi connectivity index (χ1) is 6.15. The number of hydrogen-bond donors (Lipinski definition) is 1. The molecule has 1 aromatic heterocycles. The molecular formula is C10H15NOS. The molecule has 1 N–H and O–H groups in total. The fraction of sp³-hybridized carbons (Fsp3) is 0.500. The third-order valence-corrected chi connectivity index (χ3v) is 2.71. The van der Waals surface area contributed by atoms with Gasteiger partial charge in [-0.1, -0.05) is 6.92 Å². The van der Waals surface area contributed by atoms with Crippen molar-refractivity contribution in [2.75, 3.05) is 0 Å². The van der Waals surface area contributed by atoms with E-state index in [-0.39, 0.29) is 11.9 Å². The Balaban J connectivity index is 2.76. The molecule has 0 aliphatic rings. The van der Waals surface area contributed by atoms with Crippen molar-refractivity contribution in [2.24, 2.45) is 0 Å². The highest BCUT2D eigenvalue weighted by atomic mass is 32.1. The van der Waals surface area contributed by atoms with Gasteiger partial charge in [0, 0.05) is 6.04 Å². The molecule has 0 saturated carbocycles. The first-order valence-electron chi connectivity index (χ1n) is 4.52. The van der Waals surface area contributed by atoms with E-state index in [1.165, 1.54) is 11.3 Å². The summed E-state index contributed by atoms with van der Waals surface area (Å²) < 4.78 is 0. The fourth-order valence-corrected chi connectivity index (χ4v) is 2.04. The van der Waals surface area contributed by atoms with Crippen molar-refractivity contribution in [3.63, 3.8) is 0 Å². The Kier molecular flexibility index (Phi) is 3.48. The number of hydrogen-bond acceptors (Lipinski definition) is 2. The molecular weight excluding hydrogens is 182 g/mol. The van der Waals surface area contributed by atoms with E-state index in [1.807, 2.05) is 25.3 Å². The molecule has 1 amide bonds. The van der Waals surface area contributed by atoms with Crippen LogP contribution in [0.1, 0.15) is 36.0 Å². The van der Waals surface area contributed by atoms with E-state index in [0.717, 1.165) is 16.9 Å². The summed E-state index contributed by atoms with van der Waals surface area (Å²) in [7, 11) is 0. The van der Waals surface area contributed by atoms with Crippen LogP contribution in [0.5, 0.6) is 0 Å². The Bertz CT molecular complexity index is 291. The van der Waals surface area contributed by atoms with Crippen molar-refractivity contribution in [1.29, 1.82) is 0 Å². The average molecular weight is 197 g/mol. The summed E-state index contributed by atoms with van der Waals surface area (Å²) in [6.07, 6.45) is 0.921. The monoisotopic (exact) mass is 197 g/mol. The summed E-state index contributed by atoms with van der Waals surface area (Å²) in [6, 6.07) is 2.22. The Labute approximate surface area is 83.0 Å². The number of rotatable bonds is 3. The molecule has 13 heavy (non-hydrogen) atoms. The maximum absolute atomic E-state index is 11.6. The van der Waals surface area contributed by atoms with Gasteiger partial charge in [-0.25, -0.2) is 0 Å². The number of carbonyl (C=O) groups excluding carboxylic acids is 1. The van der Waals surface area contributed by atoms with Crippen LogP contribution in [0.15, 0.2) is 11.4 Å². The molecule has 1 rings (SSSR count). The minimum absolute atomic E-state index is 0.0573. The third kappa shape index (κ3) is 2.56. The zero-order chi connectivity index (χ0) is 9.84. The van der Waals surface area contributed by atoms with E-state index in [0.29, 0.717) is 0 Å². The topological polar surface area (TPSA) is 29.1 Å². The van der Waals surface area contributed by atoms with E-state index in [2.05, 4.69) is 12.2 Å². The summed E-state index contributed by atoms with van der Waals surface area (Å²) >= 11 is 1.51. The number of amides is 1. The first kappa shape index (κ1) is 10.3. The zero-order valence-corrected chi connectivity index (χ0v) is 9.07. The van der Waals surface area contributed by atoms with Crippen molar-refractivity contribution >= 4 is 17.2 Å². The molecule has 0 atom stereocenters. The predicted molar refractivity (Wildman–Crippen MR) is 56.3 cm³/mol. The lowest BCUT2D eigenvalue weighted by molar-refractivity contribution is 0.0946. The Morgan fingerprint density at radius 2 is 2.31 bits per heavy atom. The highest BCUT2D eigenvalue weighted by Gasteiger charge is 2.11. The predicted octanol–water partition coefficient (Wildman–Crippen LogP) is 2.45. The van der Waals surface area contributed by atoms with Crippen LogP contribution < -0.4 is 5.32 Å². The van der Waals surface area contributed by atoms with Crippen molar-refractivity contribution in [3.05, 3.63) is 21.9 Å². The van der Waals surface area contributed by atoms with Crippen LogP contribution in [0.25, 0.3) is 0 Å². The fourth-order valence-electron chi connectivity index (χ4n) is 1.14. The second kappa shape index (κ2) is 4.42. The second-order valence-electron chi connectivity index (χ2n) is 3.26. The van der Waals surface area contributed by atoms with Gasteiger partial charge < -0.3 is 5.32 Å². The Hall–Kier alpha value is -0.830. The van der Waals surface area contributed by atoms with Crippen molar-refractivity contribution in [1.82, 2.24) is 5.32 Å². The summed E-state index contributed by atoms with van der Waals surface area (Å²) in [5.41, 5.74) is 1.14. The molecule has 0 bridgehead atoms. The molecule has 0 spiro atoms. The first-order valence-corrected chi connectivity index (χ1v) is 5.40. The molecule has 1 heterocycles. The lowest BCUT2D eigenvalue weighted by atomic mass is 10.2. The van der Waals surface area contributed by atoms with Crippen molar-refractivity contribution < 1.29 is 4.79 Å². The molecule has 0 unspecified atom stereocenters. The minimum Gasteiger partial charge on any atom is -0.349 e. The van der Waals surface area contributed by atoms with E-state index in [4.69, 9.17) is 0 Å². The van der Waals surface area contributed by atoms with Crippen LogP contribution in [0.3, 0.4) is 0 Å². The van der Waals surface area contributed by atoms with Gasteiger partial charge in [-0.2, -0.15) is 0 Å². The molecule has 0 aliphatic heterocycles. The maximum Gasteiger partial charge on any atom is 0.261 e. The minimum atomic E-state index is 0.0573. The van der Waals surface area contributed by atoms with Gasteiger partial charge in [0.25, 0.3) is 5.91 Å². The summed E-state index contributed by atoms with van der Waals surface area (Å²) in [5.74, 6) is 0.0573. The SMILES string of the molecule is CCc1ccsc1C(=O)NC(C)C. The highest BCUT2D eigenvalue weighted by Crippen LogP contribution is 2.17.